The van der Waals surface area contributed by atoms with Gasteiger partial charge in [0.25, 0.3) is 5.91 Å². The topological polar surface area (TPSA) is 104 Å². The molecule has 34 heavy (non-hydrogen) atoms. The maximum atomic E-state index is 12.9. The summed E-state index contributed by atoms with van der Waals surface area (Å²) in [5.74, 6) is -0.339. The zero-order chi connectivity index (χ0) is 23.8. The number of carbonyl (C=O) groups is 2. The number of esters is 1. The van der Waals surface area contributed by atoms with E-state index < -0.39 is 18.5 Å². The van der Waals surface area contributed by atoms with Crippen LogP contribution in [0.2, 0.25) is 0 Å². The number of hydrogen-bond acceptors (Lipinski definition) is 7. The lowest BCUT2D eigenvalue weighted by Crippen LogP contribution is -2.21. The second-order valence-electron chi connectivity index (χ2n) is 7.10. The highest BCUT2D eigenvalue weighted by Crippen LogP contribution is 2.23. The van der Waals surface area contributed by atoms with Crippen molar-refractivity contribution in [2.75, 3.05) is 19.0 Å². The van der Waals surface area contributed by atoms with Crippen LogP contribution in [0.5, 0.6) is 5.75 Å². The predicted molar refractivity (Wildman–Crippen MR) is 127 cm³/mol. The summed E-state index contributed by atoms with van der Waals surface area (Å²) in [5, 5.41) is 10.1. The van der Waals surface area contributed by atoms with E-state index in [0.717, 1.165) is 11.1 Å². The van der Waals surface area contributed by atoms with Crippen molar-refractivity contribution in [3.8, 4) is 17.2 Å². The molecule has 1 aromatic heterocycles. The van der Waals surface area contributed by atoms with Gasteiger partial charge in [-0.2, -0.15) is 0 Å². The fraction of sp³-hybridized carbons (Fsp3) is 0.0769. The van der Waals surface area contributed by atoms with Crippen molar-refractivity contribution in [2.24, 2.45) is 0 Å². The van der Waals surface area contributed by atoms with Crippen molar-refractivity contribution in [2.45, 2.75) is 0 Å². The normalized spacial score (nSPS) is 11.0. The summed E-state index contributed by atoms with van der Waals surface area (Å²) in [5.41, 5.74) is 2.42. The van der Waals surface area contributed by atoms with Crippen LogP contribution in [0, 0.1) is 0 Å². The molecule has 0 radical (unpaired) electrons. The molecule has 4 rings (SSSR count). The fourth-order valence-electron chi connectivity index (χ4n) is 3.11. The van der Waals surface area contributed by atoms with Gasteiger partial charge < -0.3 is 13.9 Å². The number of aromatic nitrogens is 2. The summed E-state index contributed by atoms with van der Waals surface area (Å²) < 4.78 is 16.0. The van der Waals surface area contributed by atoms with Gasteiger partial charge >= 0.3 is 12.0 Å². The van der Waals surface area contributed by atoms with E-state index in [4.69, 9.17) is 13.9 Å². The van der Waals surface area contributed by atoms with Crippen LogP contribution in [0.1, 0.15) is 11.1 Å². The Balaban J connectivity index is 1.44. The van der Waals surface area contributed by atoms with Crippen LogP contribution in [0.25, 0.3) is 23.1 Å². The minimum Gasteiger partial charge on any atom is -0.497 e. The highest BCUT2D eigenvalue weighted by atomic mass is 16.5. The van der Waals surface area contributed by atoms with E-state index in [1.165, 1.54) is 0 Å². The van der Waals surface area contributed by atoms with Crippen LogP contribution in [0.3, 0.4) is 0 Å². The number of amides is 1. The molecule has 8 heteroatoms. The molecule has 170 valence electrons. The van der Waals surface area contributed by atoms with Crippen LogP contribution in [0.4, 0.5) is 6.01 Å². The number of hydrogen-bond donors (Lipinski definition) is 1. The second-order valence-corrected chi connectivity index (χ2v) is 7.10. The van der Waals surface area contributed by atoms with Gasteiger partial charge in [0.05, 0.1) is 12.7 Å². The zero-order valence-electron chi connectivity index (χ0n) is 18.3. The first-order chi connectivity index (χ1) is 16.6. The number of benzene rings is 3. The lowest BCUT2D eigenvalue weighted by atomic mass is 10.0. The Labute approximate surface area is 195 Å². The molecule has 0 saturated carbocycles. The average molecular weight is 455 g/mol. The molecule has 0 unspecified atom stereocenters. The molecule has 0 spiro atoms. The number of nitrogens with zero attached hydrogens (tertiary/aromatic N) is 2. The molecule has 0 aliphatic rings. The van der Waals surface area contributed by atoms with Gasteiger partial charge in [0.2, 0.25) is 5.89 Å². The first-order valence-electron chi connectivity index (χ1n) is 10.4. The lowest BCUT2D eigenvalue weighted by molar-refractivity contribution is -0.141. The van der Waals surface area contributed by atoms with Crippen LogP contribution in [-0.2, 0) is 14.3 Å². The number of nitrogens with one attached hydrogen (secondary N) is 1. The molecule has 1 N–H and O–H groups in total. The van der Waals surface area contributed by atoms with Crippen LogP contribution >= 0.6 is 0 Å². The number of rotatable bonds is 8. The third-order valence-corrected chi connectivity index (χ3v) is 4.74. The Hall–Kier alpha value is -4.72. The lowest BCUT2D eigenvalue weighted by Gasteiger charge is -2.09. The number of carbonyl (C=O) groups excluding carboxylic acids is 2. The van der Waals surface area contributed by atoms with Gasteiger partial charge in [-0.05, 0) is 41.5 Å². The largest absolute Gasteiger partial charge is 0.497 e. The molecule has 1 amide bonds. The molecule has 1 heterocycles. The summed E-state index contributed by atoms with van der Waals surface area (Å²) in [4.78, 5) is 25.2. The van der Waals surface area contributed by atoms with Crippen molar-refractivity contribution in [3.05, 3.63) is 96.1 Å². The zero-order valence-corrected chi connectivity index (χ0v) is 18.3. The van der Waals surface area contributed by atoms with Crippen molar-refractivity contribution in [1.82, 2.24) is 10.2 Å². The third kappa shape index (κ3) is 5.74. The van der Waals surface area contributed by atoms with E-state index in [9.17, 15) is 9.59 Å². The van der Waals surface area contributed by atoms with Crippen molar-refractivity contribution < 1.29 is 23.5 Å². The van der Waals surface area contributed by atoms with Gasteiger partial charge in [0, 0.05) is 5.56 Å². The molecular formula is C26H21N3O5. The van der Waals surface area contributed by atoms with Gasteiger partial charge in [-0.15, -0.1) is 5.10 Å². The highest BCUT2D eigenvalue weighted by molar-refractivity contribution is 6.22. The molecule has 3 aromatic carbocycles. The van der Waals surface area contributed by atoms with E-state index in [-0.39, 0.29) is 11.9 Å². The van der Waals surface area contributed by atoms with E-state index in [0.29, 0.717) is 16.9 Å². The minimum absolute atomic E-state index is 0.0879. The van der Waals surface area contributed by atoms with E-state index >= 15 is 0 Å². The minimum atomic E-state index is -0.653. The first-order valence-corrected chi connectivity index (χ1v) is 10.4. The average Bonchev–Trinajstić information content (AvgIpc) is 3.35. The summed E-state index contributed by atoms with van der Waals surface area (Å²) in [7, 11) is 1.57. The van der Waals surface area contributed by atoms with E-state index in [2.05, 4.69) is 15.5 Å². The van der Waals surface area contributed by atoms with Crippen LogP contribution in [-0.4, -0.2) is 35.8 Å². The maximum Gasteiger partial charge on any atom is 0.339 e. The molecule has 0 bridgehead atoms. The maximum absolute atomic E-state index is 12.9. The Morgan fingerprint density at radius 1 is 0.941 bits per heavy atom. The van der Waals surface area contributed by atoms with Gasteiger partial charge in [0.15, 0.2) is 6.61 Å². The fourth-order valence-corrected chi connectivity index (χ4v) is 3.11. The van der Waals surface area contributed by atoms with E-state index in [1.54, 1.807) is 43.5 Å². The SMILES string of the molecule is COc1cccc(/C=C(/C(=O)OCC(=O)Nc2nnc(-c3ccccc3)o2)c2ccccc2)c1. The molecule has 0 saturated heterocycles. The molecule has 8 nitrogen and oxygen atoms in total. The molecule has 0 atom stereocenters. The van der Waals surface area contributed by atoms with Gasteiger partial charge in [-0.25, -0.2) is 4.79 Å². The Kier molecular flexibility index (Phi) is 7.09. The van der Waals surface area contributed by atoms with Crippen LogP contribution < -0.4 is 10.1 Å². The summed E-state index contributed by atoms with van der Waals surface area (Å²) in [6, 6.07) is 25.4. The Morgan fingerprint density at radius 2 is 1.68 bits per heavy atom. The number of anilines is 1. The molecule has 4 aromatic rings. The summed E-state index contributed by atoms with van der Waals surface area (Å²) in [6.45, 7) is -0.524. The Bertz CT molecular complexity index is 1300. The molecular weight excluding hydrogens is 434 g/mol. The van der Waals surface area contributed by atoms with Crippen LogP contribution in [0.15, 0.2) is 89.3 Å². The monoisotopic (exact) mass is 455 g/mol. The first kappa shape index (κ1) is 22.5. The Morgan fingerprint density at radius 3 is 2.41 bits per heavy atom. The molecule has 0 aliphatic heterocycles. The molecule has 0 aliphatic carbocycles. The molecule has 0 fully saturated rings. The van der Waals surface area contributed by atoms with Crippen molar-refractivity contribution in [1.29, 1.82) is 0 Å². The summed E-state index contributed by atoms with van der Waals surface area (Å²) in [6.07, 6.45) is 1.68. The summed E-state index contributed by atoms with van der Waals surface area (Å²) >= 11 is 0. The van der Waals surface area contributed by atoms with Crippen molar-refractivity contribution in [3.63, 3.8) is 0 Å². The van der Waals surface area contributed by atoms with Gasteiger partial charge in [-0.1, -0.05) is 65.8 Å². The standard InChI is InChI=1S/C26H21N3O5/c1-32-21-14-8-9-18(15-21)16-22(19-10-4-2-5-11-19)25(31)33-17-23(30)27-26-29-28-24(34-26)20-12-6-3-7-13-20/h2-16H,17H2,1H3,(H,27,29,30)/b22-16+. The quantitative estimate of drug-likeness (QED) is 0.238. The van der Waals surface area contributed by atoms with Gasteiger partial charge in [-0.3, -0.25) is 10.1 Å². The number of methoxy groups -OCH3 is 1. The van der Waals surface area contributed by atoms with E-state index in [1.807, 2.05) is 54.6 Å². The third-order valence-electron chi connectivity index (χ3n) is 4.74. The predicted octanol–water partition coefficient (Wildman–Crippen LogP) is 4.47. The number of ether oxygens (including phenoxy) is 2. The van der Waals surface area contributed by atoms with Gasteiger partial charge in [0.1, 0.15) is 5.75 Å². The highest BCUT2D eigenvalue weighted by Gasteiger charge is 2.17. The second kappa shape index (κ2) is 10.7. The van der Waals surface area contributed by atoms with Crippen molar-refractivity contribution >= 4 is 29.5 Å². The smallest absolute Gasteiger partial charge is 0.339 e.